The molecular weight excluding hydrogens is 510 g/mol. The zero-order valence-electron chi connectivity index (χ0n) is 23.4. The molecule has 1 amide bonds. The normalized spacial score (nSPS) is 13.3. The highest BCUT2D eigenvalue weighted by Gasteiger charge is 2.19. The number of fused-ring (bicyclic) bond motifs is 1. The molecule has 1 aliphatic heterocycles. The van der Waals surface area contributed by atoms with Gasteiger partial charge in [0.2, 0.25) is 5.91 Å². The summed E-state index contributed by atoms with van der Waals surface area (Å²) < 4.78 is 0. The predicted molar refractivity (Wildman–Crippen MR) is 167 cm³/mol. The van der Waals surface area contributed by atoms with Crippen LogP contribution in [0.5, 0.6) is 0 Å². The number of amides is 1. The standard InChI is InChI=1S/C33H33N7O/c1-38(2)28-10-3-24(4-11-28)21-33(41)36-27-8-5-25(6-9-27)26-7-12-30-31(22-26)37-32(23-35-30)40-19-17-39(18-20-40)29-13-15-34-16-14-29/h3-16,22-23H,17-21H2,1-2H3,(H,36,41). The van der Waals surface area contributed by atoms with Crippen LogP contribution in [0.3, 0.4) is 0 Å². The van der Waals surface area contributed by atoms with Crippen molar-refractivity contribution in [3.8, 4) is 11.1 Å². The molecule has 8 nitrogen and oxygen atoms in total. The maximum atomic E-state index is 12.6. The SMILES string of the molecule is CN(C)c1ccc(CC(=O)Nc2ccc(-c3ccc4ncc(N5CCN(c6ccncc6)CC5)nc4c3)cc2)cc1. The van der Waals surface area contributed by atoms with Crippen LogP contribution in [0.15, 0.2) is 97.5 Å². The summed E-state index contributed by atoms with van der Waals surface area (Å²) in [6.45, 7) is 3.62. The van der Waals surface area contributed by atoms with Crippen LogP contribution in [0.2, 0.25) is 0 Å². The minimum absolute atomic E-state index is 0.0366. The Balaban J connectivity index is 1.10. The van der Waals surface area contributed by atoms with Crippen LogP contribution >= 0.6 is 0 Å². The van der Waals surface area contributed by atoms with Crippen molar-refractivity contribution in [3.63, 3.8) is 0 Å². The Labute approximate surface area is 240 Å². The van der Waals surface area contributed by atoms with Gasteiger partial charge in [-0.1, -0.05) is 30.3 Å². The highest BCUT2D eigenvalue weighted by molar-refractivity contribution is 5.92. The molecular formula is C33H33N7O. The summed E-state index contributed by atoms with van der Waals surface area (Å²) in [5.74, 6) is 0.865. The molecule has 0 unspecified atom stereocenters. The zero-order valence-corrected chi connectivity index (χ0v) is 23.4. The van der Waals surface area contributed by atoms with Crippen LogP contribution in [0.1, 0.15) is 5.56 Å². The van der Waals surface area contributed by atoms with Gasteiger partial charge in [0.25, 0.3) is 0 Å². The average molecular weight is 544 g/mol. The lowest BCUT2D eigenvalue weighted by molar-refractivity contribution is -0.115. The smallest absolute Gasteiger partial charge is 0.228 e. The van der Waals surface area contributed by atoms with Crippen molar-refractivity contribution < 1.29 is 4.79 Å². The lowest BCUT2D eigenvalue weighted by Gasteiger charge is -2.36. The van der Waals surface area contributed by atoms with Gasteiger partial charge < -0.3 is 20.0 Å². The van der Waals surface area contributed by atoms with Crippen LogP contribution in [-0.2, 0) is 11.2 Å². The molecule has 1 aliphatic rings. The molecule has 0 spiro atoms. The van der Waals surface area contributed by atoms with E-state index in [1.165, 1.54) is 5.69 Å². The van der Waals surface area contributed by atoms with E-state index < -0.39 is 0 Å². The zero-order chi connectivity index (χ0) is 28.2. The van der Waals surface area contributed by atoms with Crippen molar-refractivity contribution in [2.75, 3.05) is 60.3 Å². The molecule has 3 heterocycles. The number of hydrogen-bond acceptors (Lipinski definition) is 7. The first-order valence-electron chi connectivity index (χ1n) is 13.9. The van der Waals surface area contributed by atoms with Crippen LogP contribution < -0.4 is 20.0 Å². The summed E-state index contributed by atoms with van der Waals surface area (Å²) in [6, 6.07) is 26.3. The molecule has 5 aromatic rings. The highest BCUT2D eigenvalue weighted by atomic mass is 16.1. The topological polar surface area (TPSA) is 77.5 Å². The van der Waals surface area contributed by atoms with Crippen LogP contribution in [-0.4, -0.2) is 61.1 Å². The van der Waals surface area contributed by atoms with Gasteiger partial charge in [-0.2, -0.15) is 0 Å². The van der Waals surface area contributed by atoms with Crippen LogP contribution in [0.4, 0.5) is 22.9 Å². The number of nitrogens with one attached hydrogen (secondary N) is 1. The molecule has 0 aliphatic carbocycles. The largest absolute Gasteiger partial charge is 0.378 e. The second-order valence-electron chi connectivity index (χ2n) is 10.5. The molecule has 206 valence electrons. The Kier molecular flexibility index (Phi) is 7.45. The maximum Gasteiger partial charge on any atom is 0.228 e. The van der Waals surface area contributed by atoms with E-state index in [-0.39, 0.29) is 5.91 Å². The molecule has 2 aromatic heterocycles. The molecule has 41 heavy (non-hydrogen) atoms. The number of anilines is 4. The number of rotatable bonds is 7. The monoisotopic (exact) mass is 543 g/mol. The molecule has 6 rings (SSSR count). The lowest BCUT2D eigenvalue weighted by atomic mass is 10.0. The summed E-state index contributed by atoms with van der Waals surface area (Å²) in [5.41, 5.74) is 7.93. The van der Waals surface area contributed by atoms with Gasteiger partial charge in [0.05, 0.1) is 23.7 Å². The second-order valence-corrected chi connectivity index (χ2v) is 10.5. The van der Waals surface area contributed by atoms with Crippen LogP contribution in [0, 0.1) is 0 Å². The van der Waals surface area contributed by atoms with Gasteiger partial charge >= 0.3 is 0 Å². The van der Waals surface area contributed by atoms with Crippen LogP contribution in [0.25, 0.3) is 22.2 Å². The van der Waals surface area contributed by atoms with Crippen molar-refractivity contribution >= 4 is 39.8 Å². The Morgan fingerprint density at radius 3 is 2.20 bits per heavy atom. The Hall–Kier alpha value is -4.98. The molecule has 1 saturated heterocycles. The number of carbonyl (C=O) groups is 1. The molecule has 8 heteroatoms. The van der Waals surface area contributed by atoms with Crippen molar-refractivity contribution in [2.24, 2.45) is 0 Å². The second kappa shape index (κ2) is 11.6. The fourth-order valence-corrected chi connectivity index (χ4v) is 5.13. The quantitative estimate of drug-likeness (QED) is 0.300. The average Bonchev–Trinajstić information content (AvgIpc) is 3.01. The first-order valence-corrected chi connectivity index (χ1v) is 13.9. The van der Waals surface area contributed by atoms with Crippen molar-refractivity contribution in [3.05, 3.63) is 103 Å². The first kappa shape index (κ1) is 26.3. The molecule has 0 atom stereocenters. The number of piperazine rings is 1. The molecule has 0 bridgehead atoms. The van der Waals surface area contributed by atoms with E-state index in [2.05, 4.69) is 49.4 Å². The summed E-state index contributed by atoms with van der Waals surface area (Å²) in [4.78, 5) is 33.1. The van der Waals surface area contributed by atoms with Gasteiger partial charge in [0.1, 0.15) is 5.82 Å². The van der Waals surface area contributed by atoms with Gasteiger partial charge in [-0.3, -0.25) is 14.8 Å². The maximum absolute atomic E-state index is 12.6. The molecule has 1 fully saturated rings. The predicted octanol–water partition coefficient (Wildman–Crippen LogP) is 5.27. The Morgan fingerprint density at radius 1 is 0.805 bits per heavy atom. The summed E-state index contributed by atoms with van der Waals surface area (Å²) in [7, 11) is 4.00. The number of nitrogens with zero attached hydrogens (tertiary/aromatic N) is 6. The van der Waals surface area contributed by atoms with Crippen molar-refractivity contribution in [1.29, 1.82) is 0 Å². The van der Waals surface area contributed by atoms with E-state index >= 15 is 0 Å². The third-order valence-corrected chi connectivity index (χ3v) is 7.48. The highest BCUT2D eigenvalue weighted by Crippen LogP contribution is 2.26. The third kappa shape index (κ3) is 6.11. The molecule has 0 saturated carbocycles. The van der Waals surface area contributed by atoms with Gasteiger partial charge in [0.15, 0.2) is 0 Å². The van der Waals surface area contributed by atoms with Gasteiger partial charge in [-0.25, -0.2) is 4.98 Å². The Morgan fingerprint density at radius 2 is 1.49 bits per heavy atom. The van der Waals surface area contributed by atoms with Gasteiger partial charge in [0, 0.05) is 69.7 Å². The van der Waals surface area contributed by atoms with E-state index in [9.17, 15) is 4.79 Å². The van der Waals surface area contributed by atoms with E-state index in [4.69, 9.17) is 4.98 Å². The minimum Gasteiger partial charge on any atom is -0.378 e. The molecule has 3 aromatic carbocycles. The fourth-order valence-electron chi connectivity index (χ4n) is 5.13. The number of benzene rings is 3. The van der Waals surface area contributed by atoms with Crippen molar-refractivity contribution in [1.82, 2.24) is 15.0 Å². The van der Waals surface area contributed by atoms with Gasteiger partial charge in [-0.05, 0) is 65.2 Å². The molecule has 0 radical (unpaired) electrons. The lowest BCUT2D eigenvalue weighted by Crippen LogP contribution is -2.46. The Bertz CT molecular complexity index is 1630. The summed E-state index contributed by atoms with van der Waals surface area (Å²) in [5, 5.41) is 3.01. The van der Waals surface area contributed by atoms with Crippen molar-refractivity contribution in [2.45, 2.75) is 6.42 Å². The number of carbonyl (C=O) groups excluding carboxylic acids is 1. The number of aromatic nitrogens is 3. The summed E-state index contributed by atoms with van der Waals surface area (Å²) >= 11 is 0. The van der Waals surface area contributed by atoms with E-state index in [0.29, 0.717) is 6.42 Å². The van der Waals surface area contributed by atoms with Gasteiger partial charge in [-0.15, -0.1) is 0 Å². The first-order chi connectivity index (χ1) is 20.0. The minimum atomic E-state index is -0.0366. The summed E-state index contributed by atoms with van der Waals surface area (Å²) in [6.07, 6.45) is 5.88. The number of hydrogen-bond donors (Lipinski definition) is 1. The molecule has 1 N–H and O–H groups in total. The van der Waals surface area contributed by atoms with E-state index in [0.717, 1.165) is 71.1 Å². The number of pyridine rings is 1. The fraction of sp³-hybridized carbons (Fsp3) is 0.212. The van der Waals surface area contributed by atoms with E-state index in [1.54, 1.807) is 0 Å². The van der Waals surface area contributed by atoms with E-state index in [1.807, 2.05) is 92.2 Å². The third-order valence-electron chi connectivity index (χ3n) is 7.48.